The van der Waals surface area contributed by atoms with Crippen molar-refractivity contribution >= 4 is 0 Å². The molecule has 18 heavy (non-hydrogen) atoms. The highest BCUT2D eigenvalue weighted by molar-refractivity contribution is 5.31. The standard InChI is InChI=1S/C13H22N4O/c1-13(2,3)12-10(9-17(4)16-12)11(8-14)15-6-5-7-18/h9,11,15,18H,5-7H2,1-4H3. The Kier molecular flexibility index (Phi) is 4.88. The molecule has 1 rings (SSSR count). The largest absolute Gasteiger partial charge is 0.396 e. The van der Waals surface area contributed by atoms with E-state index in [1.165, 1.54) is 0 Å². The van der Waals surface area contributed by atoms with Gasteiger partial charge in [-0.05, 0) is 13.0 Å². The second kappa shape index (κ2) is 5.98. The van der Waals surface area contributed by atoms with Gasteiger partial charge in [0.15, 0.2) is 0 Å². The second-order valence-corrected chi connectivity index (χ2v) is 5.45. The molecule has 0 fully saturated rings. The summed E-state index contributed by atoms with van der Waals surface area (Å²) in [5.74, 6) is 0. The molecule has 1 aromatic heterocycles. The van der Waals surface area contributed by atoms with Crippen molar-refractivity contribution in [3.05, 3.63) is 17.5 Å². The van der Waals surface area contributed by atoms with Crippen LogP contribution in [0.3, 0.4) is 0 Å². The van der Waals surface area contributed by atoms with Crippen molar-refractivity contribution in [2.24, 2.45) is 7.05 Å². The SMILES string of the molecule is Cn1cc(C(C#N)NCCCO)c(C(C)(C)C)n1. The van der Waals surface area contributed by atoms with Crippen LogP contribution in [0, 0.1) is 11.3 Å². The Balaban J connectivity index is 2.96. The van der Waals surface area contributed by atoms with Gasteiger partial charge in [0.25, 0.3) is 0 Å². The van der Waals surface area contributed by atoms with Gasteiger partial charge in [-0.25, -0.2) is 0 Å². The molecule has 0 spiro atoms. The first-order valence-electron chi connectivity index (χ1n) is 6.18. The average molecular weight is 250 g/mol. The minimum absolute atomic E-state index is 0.0929. The molecule has 1 heterocycles. The molecule has 0 aliphatic heterocycles. The molecular weight excluding hydrogens is 228 g/mol. The zero-order chi connectivity index (χ0) is 13.8. The molecule has 0 aliphatic rings. The van der Waals surface area contributed by atoms with Crippen LogP contribution < -0.4 is 5.32 Å². The first kappa shape index (κ1) is 14.7. The van der Waals surface area contributed by atoms with E-state index >= 15 is 0 Å². The topological polar surface area (TPSA) is 73.9 Å². The van der Waals surface area contributed by atoms with Crippen LogP contribution in [-0.4, -0.2) is 28.0 Å². The van der Waals surface area contributed by atoms with Crippen LogP contribution in [0.5, 0.6) is 0 Å². The van der Waals surface area contributed by atoms with Crippen LogP contribution in [0.15, 0.2) is 6.20 Å². The Morgan fingerprint density at radius 3 is 2.72 bits per heavy atom. The molecule has 0 bridgehead atoms. The van der Waals surface area contributed by atoms with E-state index in [4.69, 9.17) is 5.11 Å². The van der Waals surface area contributed by atoms with E-state index in [0.29, 0.717) is 13.0 Å². The van der Waals surface area contributed by atoms with Crippen molar-refractivity contribution < 1.29 is 5.11 Å². The van der Waals surface area contributed by atoms with Gasteiger partial charge in [-0.1, -0.05) is 20.8 Å². The number of nitrogens with zero attached hydrogens (tertiary/aromatic N) is 3. The van der Waals surface area contributed by atoms with Crippen LogP contribution in [0.1, 0.15) is 44.5 Å². The predicted octanol–water partition coefficient (Wildman–Crippen LogP) is 1.25. The van der Waals surface area contributed by atoms with Crippen LogP contribution in [0.2, 0.25) is 0 Å². The fourth-order valence-corrected chi connectivity index (χ4v) is 1.85. The van der Waals surface area contributed by atoms with Crippen molar-refractivity contribution in [2.45, 2.75) is 38.6 Å². The van der Waals surface area contributed by atoms with Gasteiger partial charge in [0.1, 0.15) is 6.04 Å². The normalized spacial score (nSPS) is 13.3. The Morgan fingerprint density at radius 1 is 1.56 bits per heavy atom. The lowest BCUT2D eigenvalue weighted by Crippen LogP contribution is -2.25. The van der Waals surface area contributed by atoms with Crippen LogP contribution in [0.4, 0.5) is 0 Å². The van der Waals surface area contributed by atoms with E-state index in [1.807, 2.05) is 13.2 Å². The smallest absolute Gasteiger partial charge is 0.124 e. The zero-order valence-corrected chi connectivity index (χ0v) is 11.6. The van der Waals surface area contributed by atoms with Gasteiger partial charge in [-0.3, -0.25) is 10.00 Å². The number of nitriles is 1. The summed E-state index contributed by atoms with van der Waals surface area (Å²) in [4.78, 5) is 0. The average Bonchev–Trinajstić information content (AvgIpc) is 2.66. The van der Waals surface area contributed by atoms with Crippen molar-refractivity contribution in [1.29, 1.82) is 5.26 Å². The molecule has 5 nitrogen and oxygen atoms in total. The number of aliphatic hydroxyl groups excluding tert-OH is 1. The lowest BCUT2D eigenvalue weighted by molar-refractivity contribution is 0.285. The lowest BCUT2D eigenvalue weighted by Gasteiger charge is -2.20. The maximum atomic E-state index is 9.27. The third kappa shape index (κ3) is 3.56. The van der Waals surface area contributed by atoms with Gasteiger partial charge < -0.3 is 5.11 Å². The number of rotatable bonds is 5. The highest BCUT2D eigenvalue weighted by Crippen LogP contribution is 2.28. The molecule has 0 saturated heterocycles. The van der Waals surface area contributed by atoms with E-state index in [2.05, 4.69) is 37.3 Å². The van der Waals surface area contributed by atoms with E-state index in [-0.39, 0.29) is 18.1 Å². The summed E-state index contributed by atoms with van der Waals surface area (Å²) < 4.78 is 1.74. The van der Waals surface area contributed by atoms with Gasteiger partial charge >= 0.3 is 0 Å². The molecule has 1 aromatic rings. The Hall–Kier alpha value is -1.38. The van der Waals surface area contributed by atoms with Crippen molar-refractivity contribution in [3.8, 4) is 6.07 Å². The van der Waals surface area contributed by atoms with Gasteiger partial charge in [-0.2, -0.15) is 10.4 Å². The molecular formula is C13H22N4O. The summed E-state index contributed by atoms with van der Waals surface area (Å²) in [6.07, 6.45) is 2.53. The zero-order valence-electron chi connectivity index (χ0n) is 11.6. The fraction of sp³-hybridized carbons (Fsp3) is 0.692. The molecule has 5 heteroatoms. The maximum Gasteiger partial charge on any atom is 0.124 e. The summed E-state index contributed by atoms with van der Waals surface area (Å²) >= 11 is 0. The first-order chi connectivity index (χ1) is 8.40. The van der Waals surface area contributed by atoms with Crippen molar-refractivity contribution in [3.63, 3.8) is 0 Å². The van der Waals surface area contributed by atoms with Gasteiger partial charge in [0.2, 0.25) is 0 Å². The summed E-state index contributed by atoms with van der Waals surface area (Å²) in [5.41, 5.74) is 1.77. The summed E-state index contributed by atoms with van der Waals surface area (Å²) in [7, 11) is 1.86. The van der Waals surface area contributed by atoms with Gasteiger partial charge in [0.05, 0.1) is 11.8 Å². The molecule has 0 radical (unpaired) electrons. The van der Waals surface area contributed by atoms with E-state index in [0.717, 1.165) is 11.3 Å². The quantitative estimate of drug-likeness (QED) is 0.771. The van der Waals surface area contributed by atoms with Crippen LogP contribution >= 0.6 is 0 Å². The Labute approximate surface area is 108 Å². The number of hydrogen-bond donors (Lipinski definition) is 2. The van der Waals surface area contributed by atoms with Crippen LogP contribution in [-0.2, 0) is 12.5 Å². The minimum atomic E-state index is -0.375. The lowest BCUT2D eigenvalue weighted by atomic mass is 9.88. The molecule has 0 aromatic carbocycles. The van der Waals surface area contributed by atoms with E-state index < -0.39 is 0 Å². The Bertz CT molecular complexity index is 425. The third-order valence-electron chi connectivity index (χ3n) is 2.69. The van der Waals surface area contributed by atoms with E-state index in [1.54, 1.807) is 4.68 Å². The monoisotopic (exact) mass is 250 g/mol. The number of aromatic nitrogens is 2. The van der Waals surface area contributed by atoms with Crippen LogP contribution in [0.25, 0.3) is 0 Å². The predicted molar refractivity (Wildman–Crippen MR) is 70.0 cm³/mol. The molecule has 2 N–H and O–H groups in total. The maximum absolute atomic E-state index is 9.27. The summed E-state index contributed by atoms with van der Waals surface area (Å²) in [6.45, 7) is 7.00. The molecule has 0 saturated carbocycles. The van der Waals surface area contributed by atoms with Gasteiger partial charge in [-0.15, -0.1) is 0 Å². The molecule has 1 atom stereocenters. The molecule has 100 valence electrons. The number of nitrogens with one attached hydrogen (secondary N) is 1. The number of aryl methyl sites for hydroxylation is 1. The Morgan fingerprint density at radius 2 is 2.22 bits per heavy atom. The first-order valence-corrected chi connectivity index (χ1v) is 6.18. The van der Waals surface area contributed by atoms with Crippen molar-refractivity contribution in [2.75, 3.05) is 13.2 Å². The fourth-order valence-electron chi connectivity index (χ4n) is 1.85. The third-order valence-corrected chi connectivity index (χ3v) is 2.69. The van der Waals surface area contributed by atoms with E-state index in [9.17, 15) is 5.26 Å². The number of aliphatic hydroxyl groups is 1. The molecule has 0 aliphatic carbocycles. The minimum Gasteiger partial charge on any atom is -0.396 e. The summed E-state index contributed by atoms with van der Waals surface area (Å²) in [6, 6.07) is 1.88. The number of hydrogen-bond acceptors (Lipinski definition) is 4. The molecule has 0 amide bonds. The second-order valence-electron chi connectivity index (χ2n) is 5.45. The molecule has 1 unspecified atom stereocenters. The van der Waals surface area contributed by atoms with Crippen molar-refractivity contribution in [1.82, 2.24) is 15.1 Å². The highest BCUT2D eigenvalue weighted by Gasteiger charge is 2.26. The van der Waals surface area contributed by atoms with Gasteiger partial charge in [0, 0.05) is 30.8 Å². The summed E-state index contributed by atoms with van der Waals surface area (Å²) in [5, 5.41) is 25.6. The highest BCUT2D eigenvalue weighted by atomic mass is 16.3.